The lowest BCUT2D eigenvalue weighted by molar-refractivity contribution is -0.308. The van der Waals surface area contributed by atoms with Crippen LogP contribution in [0.15, 0.2) is 18.2 Å². The van der Waals surface area contributed by atoms with E-state index in [9.17, 15) is 31.1 Å². The average Bonchev–Trinajstić information content (AvgIpc) is 3.30. The molecular formula is C24H33F6N3O2. The van der Waals surface area contributed by atoms with Crippen molar-refractivity contribution in [1.82, 2.24) is 9.80 Å². The summed E-state index contributed by atoms with van der Waals surface area (Å²) in [7, 11) is 0. The van der Waals surface area contributed by atoms with Gasteiger partial charge in [-0.2, -0.15) is 26.3 Å². The van der Waals surface area contributed by atoms with Gasteiger partial charge in [-0.3, -0.25) is 4.90 Å². The maximum atomic E-state index is 12.8. The van der Waals surface area contributed by atoms with E-state index < -0.39 is 24.5 Å². The quantitative estimate of drug-likeness (QED) is 0.448. The second-order valence-electron chi connectivity index (χ2n) is 9.60. The number of anilines is 1. The third-order valence-corrected chi connectivity index (χ3v) is 7.28. The number of hydrogen-bond donors (Lipinski definition) is 0. The molecule has 5 nitrogen and oxygen atoms in total. The Hall–Kier alpha value is -2.17. The molecule has 0 atom stereocenters. The summed E-state index contributed by atoms with van der Waals surface area (Å²) >= 11 is 0. The second kappa shape index (κ2) is 10.4. The van der Waals surface area contributed by atoms with Crippen LogP contribution in [0.4, 0.5) is 36.8 Å². The third kappa shape index (κ3) is 6.34. The summed E-state index contributed by atoms with van der Waals surface area (Å²) in [5.41, 5.74) is 3.25. The number of carbonyl (C=O) groups excluding carboxylic acids is 1. The lowest BCUT2D eigenvalue weighted by Crippen LogP contribution is -2.55. The Kier molecular flexibility index (Phi) is 8.18. The molecule has 0 radical (unpaired) electrons. The zero-order chi connectivity index (χ0) is 26.0. The summed E-state index contributed by atoms with van der Waals surface area (Å²) in [5.74, 6) is 0. The Balaban J connectivity index is 1.65. The van der Waals surface area contributed by atoms with Crippen molar-refractivity contribution in [2.45, 2.75) is 77.0 Å². The van der Waals surface area contributed by atoms with E-state index in [0.29, 0.717) is 25.9 Å². The van der Waals surface area contributed by atoms with Crippen molar-refractivity contribution >= 4 is 11.8 Å². The van der Waals surface area contributed by atoms with E-state index in [1.54, 1.807) is 0 Å². The summed E-state index contributed by atoms with van der Waals surface area (Å²) < 4.78 is 80.4. The number of rotatable bonds is 6. The van der Waals surface area contributed by atoms with E-state index in [1.165, 1.54) is 29.7 Å². The van der Waals surface area contributed by atoms with Gasteiger partial charge in [-0.15, -0.1) is 0 Å². The second-order valence-corrected chi connectivity index (χ2v) is 9.60. The minimum Gasteiger partial charge on any atom is -0.426 e. The molecule has 2 saturated heterocycles. The normalized spacial score (nSPS) is 19.1. The summed E-state index contributed by atoms with van der Waals surface area (Å²) in [6, 6.07) is 6.26. The molecule has 198 valence electrons. The maximum absolute atomic E-state index is 12.8. The number of carbonyl (C=O) groups is 1. The lowest BCUT2D eigenvalue weighted by Gasteiger charge is -2.46. The van der Waals surface area contributed by atoms with Gasteiger partial charge in [-0.05, 0) is 63.3 Å². The summed E-state index contributed by atoms with van der Waals surface area (Å²) in [5, 5.41) is 0. The van der Waals surface area contributed by atoms with Crippen LogP contribution in [-0.2, 0) is 11.3 Å². The van der Waals surface area contributed by atoms with Crippen molar-refractivity contribution in [1.29, 1.82) is 0 Å². The molecule has 3 rings (SSSR count). The number of hydrogen-bond acceptors (Lipinski definition) is 4. The Labute approximate surface area is 202 Å². The van der Waals surface area contributed by atoms with Crippen molar-refractivity contribution in [2.75, 3.05) is 37.6 Å². The van der Waals surface area contributed by atoms with Gasteiger partial charge in [0.15, 0.2) is 0 Å². The zero-order valence-electron chi connectivity index (χ0n) is 20.3. The van der Waals surface area contributed by atoms with Crippen LogP contribution in [-0.4, -0.2) is 72.6 Å². The number of ether oxygens (including phenoxy) is 1. The monoisotopic (exact) mass is 509 g/mol. The van der Waals surface area contributed by atoms with Crippen LogP contribution in [0.25, 0.3) is 0 Å². The molecule has 0 aromatic heterocycles. The predicted molar refractivity (Wildman–Crippen MR) is 120 cm³/mol. The largest absolute Gasteiger partial charge is 0.434 e. The van der Waals surface area contributed by atoms with Crippen molar-refractivity contribution in [3.63, 3.8) is 0 Å². The predicted octanol–water partition coefficient (Wildman–Crippen LogP) is 5.90. The van der Waals surface area contributed by atoms with E-state index in [1.807, 2.05) is 19.9 Å². The first-order chi connectivity index (χ1) is 16.3. The van der Waals surface area contributed by atoms with Gasteiger partial charge in [0, 0.05) is 44.0 Å². The Morgan fingerprint density at radius 1 is 1.06 bits per heavy atom. The van der Waals surface area contributed by atoms with E-state index in [2.05, 4.69) is 33.6 Å². The van der Waals surface area contributed by atoms with Gasteiger partial charge in [-0.1, -0.05) is 19.1 Å². The lowest BCUT2D eigenvalue weighted by atomic mass is 9.87. The molecule has 1 aromatic rings. The van der Waals surface area contributed by atoms with Crippen molar-refractivity contribution in [3.8, 4) is 0 Å². The Morgan fingerprint density at radius 3 is 2.14 bits per heavy atom. The Bertz CT molecular complexity index is 861. The van der Waals surface area contributed by atoms with Crippen LogP contribution in [0.5, 0.6) is 0 Å². The standard InChI is InChI=1S/C24H33F6N3O2/c1-4-33(16-18-8-7-9-19(17(18)2)31-12-5-6-13-31)22(3)10-14-32(15-11-22)21(34)35-20(23(25,26)27)24(28,29)30/h7-9,20H,4-6,10-16H2,1-3H3. The van der Waals surface area contributed by atoms with Gasteiger partial charge < -0.3 is 14.5 Å². The third-order valence-electron chi connectivity index (χ3n) is 7.28. The number of piperidine rings is 1. The van der Waals surface area contributed by atoms with Gasteiger partial charge in [-0.25, -0.2) is 4.79 Å². The molecule has 1 aromatic carbocycles. The fourth-order valence-corrected chi connectivity index (χ4v) is 5.01. The highest BCUT2D eigenvalue weighted by Crippen LogP contribution is 2.37. The number of likely N-dealkylation sites (tertiary alicyclic amines) is 1. The summed E-state index contributed by atoms with van der Waals surface area (Å²) in [6.07, 6.45) is -14.0. The van der Waals surface area contributed by atoms with Crippen molar-refractivity contribution < 1.29 is 35.9 Å². The van der Waals surface area contributed by atoms with Crippen molar-refractivity contribution in [3.05, 3.63) is 29.3 Å². The molecule has 2 heterocycles. The molecule has 2 aliphatic heterocycles. The number of alkyl halides is 6. The number of benzene rings is 1. The van der Waals surface area contributed by atoms with Gasteiger partial charge in [0.1, 0.15) is 0 Å². The molecule has 0 N–H and O–H groups in total. The SMILES string of the molecule is CCN(Cc1cccc(N2CCCC2)c1C)C1(C)CCN(C(=O)OC(C(F)(F)F)C(F)(F)F)CC1. The number of halogens is 6. The minimum absolute atomic E-state index is 0.0149. The average molecular weight is 510 g/mol. The number of amides is 1. The van der Waals surface area contributed by atoms with Gasteiger partial charge >= 0.3 is 18.4 Å². The highest BCUT2D eigenvalue weighted by atomic mass is 19.4. The fourth-order valence-electron chi connectivity index (χ4n) is 5.01. The van der Waals surface area contributed by atoms with Crippen LogP contribution in [0.2, 0.25) is 0 Å². The van der Waals surface area contributed by atoms with E-state index >= 15 is 0 Å². The topological polar surface area (TPSA) is 36.0 Å². The Morgan fingerprint density at radius 2 is 1.63 bits per heavy atom. The highest BCUT2D eigenvalue weighted by molar-refractivity contribution is 5.68. The molecule has 0 unspecified atom stereocenters. The molecule has 2 aliphatic rings. The van der Waals surface area contributed by atoms with Crippen LogP contribution in [0.1, 0.15) is 50.7 Å². The number of nitrogens with zero attached hydrogens (tertiary/aromatic N) is 3. The minimum atomic E-state index is -5.72. The zero-order valence-corrected chi connectivity index (χ0v) is 20.3. The summed E-state index contributed by atoms with van der Waals surface area (Å²) in [4.78, 5) is 17.7. The summed E-state index contributed by atoms with van der Waals surface area (Å²) in [6.45, 7) is 9.62. The van der Waals surface area contributed by atoms with Crippen LogP contribution >= 0.6 is 0 Å². The molecule has 0 bridgehead atoms. The molecule has 11 heteroatoms. The molecule has 0 spiro atoms. The first-order valence-electron chi connectivity index (χ1n) is 11.9. The van der Waals surface area contributed by atoms with Gasteiger partial charge in [0.2, 0.25) is 0 Å². The highest BCUT2D eigenvalue weighted by Gasteiger charge is 2.60. The maximum Gasteiger partial charge on any atom is 0.434 e. The van der Waals surface area contributed by atoms with Crippen LogP contribution in [0.3, 0.4) is 0 Å². The molecule has 35 heavy (non-hydrogen) atoms. The fraction of sp³-hybridized carbons (Fsp3) is 0.708. The van der Waals surface area contributed by atoms with E-state index in [0.717, 1.165) is 18.0 Å². The molecule has 0 saturated carbocycles. The van der Waals surface area contributed by atoms with E-state index in [4.69, 9.17) is 0 Å². The van der Waals surface area contributed by atoms with Crippen LogP contribution in [0, 0.1) is 6.92 Å². The molecule has 0 aliphatic carbocycles. The molecule has 1 amide bonds. The van der Waals surface area contributed by atoms with Gasteiger partial charge in [0.05, 0.1) is 0 Å². The smallest absolute Gasteiger partial charge is 0.426 e. The first kappa shape index (κ1) is 27.4. The van der Waals surface area contributed by atoms with Gasteiger partial charge in [0.25, 0.3) is 6.10 Å². The molecule has 2 fully saturated rings. The first-order valence-corrected chi connectivity index (χ1v) is 11.9. The molecular weight excluding hydrogens is 476 g/mol. The van der Waals surface area contributed by atoms with E-state index in [-0.39, 0.29) is 18.6 Å². The van der Waals surface area contributed by atoms with Crippen LogP contribution < -0.4 is 4.90 Å². The van der Waals surface area contributed by atoms with Crippen molar-refractivity contribution in [2.24, 2.45) is 0 Å².